The second-order valence-corrected chi connectivity index (χ2v) is 4.42. The highest BCUT2D eigenvalue weighted by Gasteiger charge is 2.06. The van der Waals surface area contributed by atoms with Crippen molar-refractivity contribution in [1.29, 1.82) is 0 Å². The number of hydrogen-bond donors (Lipinski definition) is 2. The first-order valence-corrected chi connectivity index (χ1v) is 5.95. The van der Waals surface area contributed by atoms with Gasteiger partial charge in [-0.2, -0.15) is 0 Å². The van der Waals surface area contributed by atoms with Gasteiger partial charge < -0.3 is 15.0 Å². The number of ether oxygens (including phenoxy) is 1. The molecule has 2 N–H and O–H groups in total. The number of aromatic nitrogens is 2. The molecule has 2 aromatic rings. The third-order valence-corrected chi connectivity index (χ3v) is 2.73. The molecule has 0 aliphatic carbocycles. The first kappa shape index (κ1) is 11.9. The Morgan fingerprint density at radius 1 is 1.41 bits per heavy atom. The average Bonchev–Trinajstić information content (AvgIpc) is 2.71. The number of rotatable bonds is 5. The summed E-state index contributed by atoms with van der Waals surface area (Å²) < 4.78 is 5.15. The van der Waals surface area contributed by atoms with Gasteiger partial charge in [0, 0.05) is 18.3 Å². The van der Waals surface area contributed by atoms with E-state index in [1.54, 1.807) is 7.11 Å². The molecule has 0 atom stereocenters. The Morgan fingerprint density at radius 2 is 2.24 bits per heavy atom. The molecule has 0 aliphatic rings. The number of aromatic amines is 1. The first-order valence-electron chi connectivity index (χ1n) is 5.95. The van der Waals surface area contributed by atoms with Crippen molar-refractivity contribution in [2.75, 3.05) is 13.7 Å². The van der Waals surface area contributed by atoms with Crippen LogP contribution in [0, 0.1) is 0 Å². The fraction of sp³-hybridized carbons (Fsp3) is 0.462. The van der Waals surface area contributed by atoms with Crippen LogP contribution in [0.4, 0.5) is 0 Å². The van der Waals surface area contributed by atoms with Gasteiger partial charge >= 0.3 is 0 Å². The summed E-state index contributed by atoms with van der Waals surface area (Å²) in [6.45, 7) is 5.26. The zero-order valence-electron chi connectivity index (χ0n) is 10.6. The van der Waals surface area contributed by atoms with Crippen molar-refractivity contribution in [2.45, 2.75) is 26.3 Å². The molecule has 0 spiro atoms. The number of methoxy groups -OCH3 is 1. The largest absolute Gasteiger partial charge is 0.481 e. The minimum absolute atomic E-state index is 0.516. The highest BCUT2D eigenvalue weighted by atomic mass is 16.5. The van der Waals surface area contributed by atoms with Gasteiger partial charge in [0.25, 0.3) is 0 Å². The van der Waals surface area contributed by atoms with Gasteiger partial charge in [0.1, 0.15) is 0 Å². The molecule has 0 bridgehead atoms. The van der Waals surface area contributed by atoms with Crippen molar-refractivity contribution in [3.05, 3.63) is 23.9 Å². The van der Waals surface area contributed by atoms with Crippen molar-refractivity contribution in [3.63, 3.8) is 0 Å². The van der Waals surface area contributed by atoms with E-state index in [0.29, 0.717) is 11.9 Å². The second kappa shape index (κ2) is 5.19. The summed E-state index contributed by atoms with van der Waals surface area (Å²) in [5.74, 6) is 0.662. The van der Waals surface area contributed by atoms with Gasteiger partial charge in [0.2, 0.25) is 5.88 Å². The summed E-state index contributed by atoms with van der Waals surface area (Å²) in [6, 6.07) is 4.39. The number of fused-ring (bicyclic) bond motifs is 1. The molecule has 4 nitrogen and oxygen atoms in total. The number of hydrogen-bond acceptors (Lipinski definition) is 3. The molecular formula is C13H19N3O. The van der Waals surface area contributed by atoms with E-state index in [1.807, 2.05) is 18.3 Å². The van der Waals surface area contributed by atoms with E-state index in [-0.39, 0.29) is 0 Å². The molecule has 2 rings (SSSR count). The van der Waals surface area contributed by atoms with Gasteiger partial charge in [-0.1, -0.05) is 13.8 Å². The van der Waals surface area contributed by atoms with Crippen LogP contribution in [0.15, 0.2) is 18.3 Å². The van der Waals surface area contributed by atoms with Crippen LogP contribution < -0.4 is 10.1 Å². The van der Waals surface area contributed by atoms with E-state index in [0.717, 1.165) is 24.0 Å². The van der Waals surface area contributed by atoms with Crippen LogP contribution in [-0.4, -0.2) is 29.7 Å². The van der Waals surface area contributed by atoms with Crippen molar-refractivity contribution >= 4 is 11.0 Å². The Bertz CT molecular complexity index is 490. The molecule has 17 heavy (non-hydrogen) atoms. The Kier molecular flexibility index (Phi) is 3.64. The monoisotopic (exact) mass is 233 g/mol. The highest BCUT2D eigenvalue weighted by Crippen LogP contribution is 2.19. The molecule has 0 radical (unpaired) electrons. The maximum atomic E-state index is 5.15. The van der Waals surface area contributed by atoms with Crippen molar-refractivity contribution in [3.8, 4) is 5.88 Å². The van der Waals surface area contributed by atoms with E-state index in [2.05, 4.69) is 29.1 Å². The molecule has 2 heterocycles. The van der Waals surface area contributed by atoms with Crippen molar-refractivity contribution in [1.82, 2.24) is 15.3 Å². The molecule has 4 heteroatoms. The van der Waals surface area contributed by atoms with Crippen LogP contribution in [-0.2, 0) is 6.42 Å². The molecule has 0 aliphatic heterocycles. The molecule has 0 unspecified atom stereocenters. The normalized spacial score (nSPS) is 11.3. The van der Waals surface area contributed by atoms with E-state index < -0.39 is 0 Å². The lowest BCUT2D eigenvalue weighted by Crippen LogP contribution is -2.24. The first-order chi connectivity index (χ1) is 8.20. The predicted octanol–water partition coefficient (Wildman–Crippen LogP) is 2.11. The van der Waals surface area contributed by atoms with Gasteiger partial charge in [-0.15, -0.1) is 0 Å². The van der Waals surface area contributed by atoms with E-state index in [1.165, 1.54) is 5.56 Å². The summed E-state index contributed by atoms with van der Waals surface area (Å²) in [5.41, 5.74) is 3.30. The molecular weight excluding hydrogens is 214 g/mol. The Labute approximate surface area is 101 Å². The Morgan fingerprint density at radius 3 is 2.94 bits per heavy atom. The maximum absolute atomic E-state index is 5.15. The van der Waals surface area contributed by atoms with Crippen LogP contribution in [0.2, 0.25) is 0 Å². The number of nitrogens with zero attached hydrogens (tertiary/aromatic N) is 1. The van der Waals surface area contributed by atoms with Gasteiger partial charge in [0.05, 0.1) is 18.1 Å². The summed E-state index contributed by atoms with van der Waals surface area (Å²) in [7, 11) is 1.64. The van der Waals surface area contributed by atoms with E-state index in [4.69, 9.17) is 4.74 Å². The molecule has 0 fully saturated rings. The van der Waals surface area contributed by atoms with Gasteiger partial charge in [0.15, 0.2) is 0 Å². The van der Waals surface area contributed by atoms with E-state index >= 15 is 0 Å². The number of pyridine rings is 1. The fourth-order valence-corrected chi connectivity index (χ4v) is 1.84. The second-order valence-electron chi connectivity index (χ2n) is 4.42. The standard InChI is InChI=1S/C13H19N3O/c1-9(2)14-7-6-10-8-15-11-4-5-12(17-3)16-13(10)11/h4-5,8-9,14-15H,6-7H2,1-3H3. The number of H-pyrrole nitrogens is 1. The lowest BCUT2D eigenvalue weighted by atomic mass is 10.2. The minimum Gasteiger partial charge on any atom is -0.481 e. The topological polar surface area (TPSA) is 49.9 Å². The Balaban J connectivity index is 2.16. The van der Waals surface area contributed by atoms with Crippen LogP contribution in [0.3, 0.4) is 0 Å². The highest BCUT2D eigenvalue weighted by molar-refractivity contribution is 5.79. The molecule has 0 saturated carbocycles. The van der Waals surface area contributed by atoms with E-state index in [9.17, 15) is 0 Å². The zero-order valence-corrected chi connectivity index (χ0v) is 10.6. The number of nitrogens with one attached hydrogen (secondary N) is 2. The third kappa shape index (κ3) is 2.77. The van der Waals surface area contributed by atoms with Crippen molar-refractivity contribution < 1.29 is 4.74 Å². The van der Waals surface area contributed by atoms with Crippen LogP contribution in [0.25, 0.3) is 11.0 Å². The average molecular weight is 233 g/mol. The summed E-state index contributed by atoms with van der Waals surface area (Å²) >= 11 is 0. The van der Waals surface area contributed by atoms with Crippen molar-refractivity contribution in [2.24, 2.45) is 0 Å². The minimum atomic E-state index is 0.516. The van der Waals surface area contributed by atoms with Gasteiger partial charge in [-0.3, -0.25) is 0 Å². The smallest absolute Gasteiger partial charge is 0.213 e. The fourth-order valence-electron chi connectivity index (χ4n) is 1.84. The van der Waals surface area contributed by atoms with Gasteiger partial charge in [-0.25, -0.2) is 4.98 Å². The lowest BCUT2D eigenvalue weighted by Gasteiger charge is -2.06. The molecule has 92 valence electrons. The summed E-state index contributed by atoms with van der Waals surface area (Å²) in [5, 5.41) is 3.40. The summed E-state index contributed by atoms with van der Waals surface area (Å²) in [6.07, 6.45) is 3.00. The SMILES string of the molecule is COc1ccc2[nH]cc(CCNC(C)C)c2n1. The molecule has 0 amide bonds. The van der Waals surface area contributed by atoms with Crippen LogP contribution in [0.1, 0.15) is 19.4 Å². The zero-order chi connectivity index (χ0) is 12.3. The van der Waals surface area contributed by atoms with Crippen LogP contribution in [0.5, 0.6) is 5.88 Å². The summed E-state index contributed by atoms with van der Waals surface area (Å²) in [4.78, 5) is 7.70. The van der Waals surface area contributed by atoms with Crippen LogP contribution >= 0.6 is 0 Å². The third-order valence-electron chi connectivity index (χ3n) is 2.73. The lowest BCUT2D eigenvalue weighted by molar-refractivity contribution is 0.399. The molecule has 0 saturated heterocycles. The predicted molar refractivity (Wildman–Crippen MR) is 69.5 cm³/mol. The van der Waals surface area contributed by atoms with Gasteiger partial charge in [-0.05, 0) is 24.6 Å². The molecule has 0 aromatic carbocycles. The molecule has 2 aromatic heterocycles. The maximum Gasteiger partial charge on any atom is 0.213 e. The quantitative estimate of drug-likeness (QED) is 0.831. The Hall–Kier alpha value is -1.55.